The molecular weight excluding hydrogens is 241 g/mol. The monoisotopic (exact) mass is 259 g/mol. The molecule has 0 radical (unpaired) electrons. The Kier molecular flexibility index (Phi) is 6.48. The fourth-order valence-electron chi connectivity index (χ4n) is 1.72. The predicted molar refractivity (Wildman–Crippen MR) is 68.6 cm³/mol. The van der Waals surface area contributed by atoms with Crippen LogP contribution in [0, 0.1) is 11.7 Å². The number of hydrogen-bond donors (Lipinski definition) is 2. The first-order valence-corrected chi connectivity index (χ1v) is 6.30. The van der Waals surface area contributed by atoms with E-state index in [-0.39, 0.29) is 12.4 Å². The lowest BCUT2D eigenvalue weighted by atomic mass is 10.0. The molecule has 2 nitrogen and oxygen atoms in total. The van der Waals surface area contributed by atoms with Gasteiger partial charge in [-0.3, -0.25) is 0 Å². The Morgan fingerprint density at radius 3 is 2.88 bits per heavy atom. The number of aliphatic hydroxyl groups is 1. The van der Waals surface area contributed by atoms with Gasteiger partial charge < -0.3 is 10.4 Å². The molecule has 0 aliphatic rings. The average Bonchev–Trinajstić information content (AvgIpc) is 2.32. The Labute approximate surface area is 107 Å². The zero-order valence-electron chi connectivity index (χ0n) is 10.0. The van der Waals surface area contributed by atoms with E-state index in [2.05, 4.69) is 12.2 Å². The quantitative estimate of drug-likeness (QED) is 0.789. The normalized spacial score (nSPS) is 12.7. The van der Waals surface area contributed by atoms with Crippen molar-refractivity contribution in [3.8, 4) is 0 Å². The number of benzene rings is 1. The van der Waals surface area contributed by atoms with Gasteiger partial charge in [0.1, 0.15) is 5.82 Å². The molecule has 0 heterocycles. The highest BCUT2D eigenvalue weighted by atomic mass is 35.5. The molecule has 0 spiro atoms. The first kappa shape index (κ1) is 14.4. The van der Waals surface area contributed by atoms with Gasteiger partial charge in [-0.1, -0.05) is 24.9 Å². The molecule has 1 unspecified atom stereocenters. The van der Waals surface area contributed by atoms with Crippen LogP contribution in [0.5, 0.6) is 0 Å². The van der Waals surface area contributed by atoms with Gasteiger partial charge in [0, 0.05) is 23.7 Å². The highest BCUT2D eigenvalue weighted by molar-refractivity contribution is 6.30. The molecule has 2 N–H and O–H groups in total. The van der Waals surface area contributed by atoms with Crippen molar-refractivity contribution < 1.29 is 9.50 Å². The molecule has 1 aromatic carbocycles. The first-order chi connectivity index (χ1) is 8.17. The third-order valence-corrected chi connectivity index (χ3v) is 3.11. The third-order valence-electron chi connectivity index (χ3n) is 2.87. The first-order valence-electron chi connectivity index (χ1n) is 5.92. The number of aliphatic hydroxyl groups excluding tert-OH is 1. The minimum absolute atomic E-state index is 0.200. The summed E-state index contributed by atoms with van der Waals surface area (Å²) in [6.07, 6.45) is 1.78. The predicted octanol–water partition coefficient (Wildman–Crippen LogP) is 2.98. The summed E-state index contributed by atoms with van der Waals surface area (Å²) in [5.41, 5.74) is 0.580. The Morgan fingerprint density at radius 2 is 2.24 bits per heavy atom. The van der Waals surface area contributed by atoms with Crippen LogP contribution in [-0.2, 0) is 6.54 Å². The van der Waals surface area contributed by atoms with Gasteiger partial charge in [0.05, 0.1) is 0 Å². The molecular formula is C13H19ClFNO. The van der Waals surface area contributed by atoms with Crippen molar-refractivity contribution in [3.05, 3.63) is 34.6 Å². The summed E-state index contributed by atoms with van der Waals surface area (Å²) in [4.78, 5) is 0. The summed E-state index contributed by atoms with van der Waals surface area (Å²) in [6.45, 7) is 3.53. The second-order valence-corrected chi connectivity index (χ2v) is 4.59. The lowest BCUT2D eigenvalue weighted by molar-refractivity contribution is 0.251. The van der Waals surface area contributed by atoms with Crippen LogP contribution in [0.3, 0.4) is 0 Å². The molecule has 96 valence electrons. The van der Waals surface area contributed by atoms with Crippen LogP contribution in [0.15, 0.2) is 18.2 Å². The largest absolute Gasteiger partial charge is 0.396 e. The summed E-state index contributed by atoms with van der Waals surface area (Å²) in [5.74, 6) is 0.194. The average molecular weight is 260 g/mol. The summed E-state index contributed by atoms with van der Waals surface area (Å²) >= 11 is 5.81. The Bertz CT molecular complexity index is 346. The van der Waals surface area contributed by atoms with Crippen molar-refractivity contribution in [2.24, 2.45) is 5.92 Å². The smallest absolute Gasteiger partial charge is 0.127 e. The highest BCUT2D eigenvalue weighted by Gasteiger charge is 2.06. The summed E-state index contributed by atoms with van der Waals surface area (Å²) in [7, 11) is 0. The maximum atomic E-state index is 13.4. The maximum absolute atomic E-state index is 13.4. The van der Waals surface area contributed by atoms with Gasteiger partial charge in [-0.15, -0.1) is 0 Å². The summed E-state index contributed by atoms with van der Waals surface area (Å²) in [6, 6.07) is 4.56. The van der Waals surface area contributed by atoms with E-state index in [9.17, 15) is 4.39 Å². The van der Waals surface area contributed by atoms with Gasteiger partial charge in [0.25, 0.3) is 0 Å². The van der Waals surface area contributed by atoms with Crippen LogP contribution in [0.25, 0.3) is 0 Å². The molecule has 1 aromatic rings. The summed E-state index contributed by atoms with van der Waals surface area (Å²) < 4.78 is 13.4. The van der Waals surface area contributed by atoms with E-state index in [4.69, 9.17) is 16.7 Å². The number of nitrogens with one attached hydrogen (secondary N) is 1. The summed E-state index contributed by atoms with van der Waals surface area (Å²) in [5, 5.41) is 12.6. The Morgan fingerprint density at radius 1 is 1.47 bits per heavy atom. The molecule has 0 aliphatic heterocycles. The van der Waals surface area contributed by atoms with Gasteiger partial charge >= 0.3 is 0 Å². The topological polar surface area (TPSA) is 32.3 Å². The van der Waals surface area contributed by atoms with Crippen LogP contribution in [-0.4, -0.2) is 18.3 Å². The van der Waals surface area contributed by atoms with E-state index in [1.807, 2.05) is 0 Å². The number of rotatable bonds is 7. The maximum Gasteiger partial charge on any atom is 0.127 e. The Hall–Kier alpha value is -0.640. The zero-order chi connectivity index (χ0) is 12.7. The van der Waals surface area contributed by atoms with E-state index >= 15 is 0 Å². The number of hydrogen-bond acceptors (Lipinski definition) is 2. The van der Waals surface area contributed by atoms with Crippen LogP contribution < -0.4 is 5.32 Å². The second-order valence-electron chi connectivity index (χ2n) is 4.15. The lowest BCUT2D eigenvalue weighted by Crippen LogP contribution is -2.23. The molecule has 0 bridgehead atoms. The van der Waals surface area contributed by atoms with Crippen molar-refractivity contribution in [3.63, 3.8) is 0 Å². The van der Waals surface area contributed by atoms with Crippen LogP contribution in [0.4, 0.5) is 4.39 Å². The van der Waals surface area contributed by atoms with Crippen molar-refractivity contribution in [1.82, 2.24) is 5.32 Å². The van der Waals surface area contributed by atoms with Crippen molar-refractivity contribution in [2.45, 2.75) is 26.3 Å². The zero-order valence-corrected chi connectivity index (χ0v) is 10.8. The third kappa shape index (κ3) is 5.02. The van der Waals surface area contributed by atoms with Gasteiger partial charge in [-0.2, -0.15) is 0 Å². The van der Waals surface area contributed by atoms with Gasteiger partial charge in [-0.05, 0) is 37.1 Å². The van der Waals surface area contributed by atoms with E-state index in [0.717, 1.165) is 19.4 Å². The molecule has 1 atom stereocenters. The van der Waals surface area contributed by atoms with E-state index in [0.29, 0.717) is 23.0 Å². The van der Waals surface area contributed by atoms with E-state index < -0.39 is 0 Å². The molecule has 0 saturated heterocycles. The van der Waals surface area contributed by atoms with Gasteiger partial charge in [0.2, 0.25) is 0 Å². The van der Waals surface area contributed by atoms with E-state index in [1.165, 1.54) is 6.07 Å². The van der Waals surface area contributed by atoms with Crippen LogP contribution >= 0.6 is 11.6 Å². The standard InChI is InChI=1S/C13H19ClFNO/c1-2-10(5-6-17)8-16-9-11-7-12(14)3-4-13(11)15/h3-4,7,10,16-17H,2,5-6,8-9H2,1H3. The molecule has 0 saturated carbocycles. The van der Waals surface area contributed by atoms with Crippen molar-refractivity contribution >= 4 is 11.6 Å². The molecule has 0 aromatic heterocycles. The molecule has 0 amide bonds. The van der Waals surface area contributed by atoms with Crippen LogP contribution in [0.1, 0.15) is 25.3 Å². The van der Waals surface area contributed by atoms with Gasteiger partial charge in [-0.25, -0.2) is 4.39 Å². The molecule has 4 heteroatoms. The highest BCUT2D eigenvalue weighted by Crippen LogP contribution is 2.15. The molecule has 0 fully saturated rings. The fraction of sp³-hybridized carbons (Fsp3) is 0.538. The fourth-order valence-corrected chi connectivity index (χ4v) is 1.92. The molecule has 1 rings (SSSR count). The van der Waals surface area contributed by atoms with Gasteiger partial charge in [0.15, 0.2) is 0 Å². The second kappa shape index (κ2) is 7.64. The SMILES string of the molecule is CCC(CCO)CNCc1cc(Cl)ccc1F. The molecule has 17 heavy (non-hydrogen) atoms. The van der Waals surface area contributed by atoms with E-state index in [1.54, 1.807) is 12.1 Å². The minimum atomic E-state index is -0.239. The molecule has 0 aliphatic carbocycles. The lowest BCUT2D eigenvalue weighted by Gasteiger charge is -2.14. The van der Waals surface area contributed by atoms with Crippen molar-refractivity contribution in [1.29, 1.82) is 0 Å². The van der Waals surface area contributed by atoms with Crippen LogP contribution in [0.2, 0.25) is 5.02 Å². The Balaban J connectivity index is 2.42. The van der Waals surface area contributed by atoms with Crippen molar-refractivity contribution in [2.75, 3.05) is 13.2 Å². The minimum Gasteiger partial charge on any atom is -0.396 e. The number of halogens is 2.